The van der Waals surface area contributed by atoms with E-state index in [0.29, 0.717) is 42.6 Å². The van der Waals surface area contributed by atoms with E-state index < -0.39 is 5.91 Å². The Morgan fingerprint density at radius 1 is 1.12 bits per heavy atom. The zero-order valence-electron chi connectivity index (χ0n) is 13.4. The summed E-state index contributed by atoms with van der Waals surface area (Å²) in [6.45, 7) is 1.88. The molecule has 1 N–H and O–H groups in total. The number of carbonyl (C=O) groups is 2. The van der Waals surface area contributed by atoms with E-state index in [1.165, 1.54) is 12.3 Å². The second-order valence-electron chi connectivity index (χ2n) is 5.41. The quantitative estimate of drug-likeness (QED) is 0.850. The standard InChI is InChI=1S/C18H17ClN2O4/c19-15-6-2-1-5-14(15)17(22)20-16(12-13-4-3-9-25-13)18(23)21-7-10-24-11-8-21/h1-6,9,12H,7-8,10-11H2,(H,20,22)/b16-12-. The number of furan rings is 1. The summed E-state index contributed by atoms with van der Waals surface area (Å²) in [6.07, 6.45) is 3.01. The molecule has 6 nitrogen and oxygen atoms in total. The monoisotopic (exact) mass is 360 g/mol. The molecule has 7 heteroatoms. The molecule has 0 saturated carbocycles. The van der Waals surface area contributed by atoms with Crippen molar-refractivity contribution >= 4 is 29.5 Å². The van der Waals surface area contributed by atoms with Gasteiger partial charge in [-0.3, -0.25) is 9.59 Å². The number of hydrogen-bond acceptors (Lipinski definition) is 4. The van der Waals surface area contributed by atoms with Gasteiger partial charge in [0.15, 0.2) is 0 Å². The molecule has 0 unspecified atom stereocenters. The Labute approximate surface area is 150 Å². The molecule has 3 rings (SSSR count). The fourth-order valence-corrected chi connectivity index (χ4v) is 2.66. The van der Waals surface area contributed by atoms with Gasteiger partial charge in [0.25, 0.3) is 11.8 Å². The third kappa shape index (κ3) is 4.29. The summed E-state index contributed by atoms with van der Waals surface area (Å²) in [4.78, 5) is 26.9. The van der Waals surface area contributed by atoms with Gasteiger partial charge < -0.3 is 19.4 Å². The van der Waals surface area contributed by atoms with Gasteiger partial charge in [0.05, 0.1) is 30.1 Å². The van der Waals surface area contributed by atoms with Crippen molar-refractivity contribution in [3.8, 4) is 0 Å². The maximum absolute atomic E-state index is 12.8. The number of ether oxygens (including phenoxy) is 1. The molecule has 0 radical (unpaired) electrons. The number of amides is 2. The minimum Gasteiger partial charge on any atom is -0.465 e. The molecule has 130 valence electrons. The van der Waals surface area contributed by atoms with Crippen molar-refractivity contribution in [3.05, 3.63) is 64.7 Å². The zero-order chi connectivity index (χ0) is 17.6. The Bertz CT molecular complexity index is 780. The van der Waals surface area contributed by atoms with Crippen LogP contribution in [0.5, 0.6) is 0 Å². The molecule has 0 atom stereocenters. The number of hydrogen-bond donors (Lipinski definition) is 1. The highest BCUT2D eigenvalue weighted by molar-refractivity contribution is 6.34. The van der Waals surface area contributed by atoms with Crippen LogP contribution < -0.4 is 5.32 Å². The number of halogens is 1. The number of nitrogens with one attached hydrogen (secondary N) is 1. The van der Waals surface area contributed by atoms with Gasteiger partial charge in [-0.05, 0) is 24.3 Å². The van der Waals surface area contributed by atoms with Crippen LogP contribution in [0.3, 0.4) is 0 Å². The first-order valence-electron chi connectivity index (χ1n) is 7.83. The summed E-state index contributed by atoms with van der Waals surface area (Å²) in [5.41, 5.74) is 0.422. The number of carbonyl (C=O) groups excluding carboxylic acids is 2. The smallest absolute Gasteiger partial charge is 0.270 e. The number of benzene rings is 1. The highest BCUT2D eigenvalue weighted by atomic mass is 35.5. The Morgan fingerprint density at radius 2 is 1.88 bits per heavy atom. The van der Waals surface area contributed by atoms with Gasteiger partial charge in [-0.1, -0.05) is 23.7 Å². The maximum Gasteiger partial charge on any atom is 0.270 e. The van der Waals surface area contributed by atoms with Crippen molar-refractivity contribution in [3.63, 3.8) is 0 Å². The van der Waals surface area contributed by atoms with Crippen molar-refractivity contribution in [2.24, 2.45) is 0 Å². The summed E-state index contributed by atoms with van der Waals surface area (Å²) in [7, 11) is 0. The molecule has 25 heavy (non-hydrogen) atoms. The van der Waals surface area contributed by atoms with Crippen LogP contribution in [0.2, 0.25) is 5.02 Å². The molecular weight excluding hydrogens is 344 g/mol. The lowest BCUT2D eigenvalue weighted by molar-refractivity contribution is -0.131. The Hall–Kier alpha value is -2.57. The van der Waals surface area contributed by atoms with Crippen molar-refractivity contribution in [2.75, 3.05) is 26.3 Å². The SMILES string of the molecule is O=C(N/C(=C\c1ccco1)C(=O)N1CCOCC1)c1ccccc1Cl. The lowest BCUT2D eigenvalue weighted by atomic mass is 10.2. The minimum atomic E-state index is -0.454. The highest BCUT2D eigenvalue weighted by Crippen LogP contribution is 2.16. The molecule has 2 heterocycles. The van der Waals surface area contributed by atoms with Crippen LogP contribution in [0.25, 0.3) is 6.08 Å². The molecule has 1 aliphatic rings. The largest absolute Gasteiger partial charge is 0.465 e. The predicted molar refractivity (Wildman–Crippen MR) is 93.0 cm³/mol. The first kappa shape index (κ1) is 17.3. The van der Waals surface area contributed by atoms with E-state index in [0.717, 1.165) is 0 Å². The summed E-state index contributed by atoms with van der Waals surface area (Å²) in [5, 5.41) is 2.97. The molecule has 2 amide bonds. The second kappa shape index (κ2) is 8.00. The van der Waals surface area contributed by atoms with Gasteiger partial charge in [-0.25, -0.2) is 0 Å². The Balaban J connectivity index is 1.85. The molecule has 1 aromatic carbocycles. The van der Waals surface area contributed by atoms with Crippen molar-refractivity contribution in [1.82, 2.24) is 10.2 Å². The molecule has 0 spiro atoms. The molecule has 0 bridgehead atoms. The van der Waals surface area contributed by atoms with E-state index in [9.17, 15) is 9.59 Å². The van der Waals surface area contributed by atoms with Crippen molar-refractivity contribution in [2.45, 2.75) is 0 Å². The van der Waals surface area contributed by atoms with Crippen LogP contribution in [0.1, 0.15) is 16.1 Å². The van der Waals surface area contributed by atoms with Gasteiger partial charge in [0, 0.05) is 19.2 Å². The molecule has 1 aromatic heterocycles. The fraction of sp³-hybridized carbons (Fsp3) is 0.222. The van der Waals surface area contributed by atoms with E-state index in [2.05, 4.69) is 5.32 Å². The summed E-state index contributed by atoms with van der Waals surface area (Å²) in [5.74, 6) is -0.277. The van der Waals surface area contributed by atoms with Gasteiger partial charge >= 0.3 is 0 Å². The zero-order valence-corrected chi connectivity index (χ0v) is 14.2. The first-order chi connectivity index (χ1) is 12.1. The third-order valence-corrected chi connectivity index (χ3v) is 4.05. The Kier molecular flexibility index (Phi) is 5.53. The van der Waals surface area contributed by atoms with Crippen LogP contribution in [-0.2, 0) is 9.53 Å². The van der Waals surface area contributed by atoms with Crippen molar-refractivity contribution in [1.29, 1.82) is 0 Å². The normalized spacial score (nSPS) is 15.1. The van der Waals surface area contributed by atoms with Crippen LogP contribution in [0.4, 0.5) is 0 Å². The molecule has 1 fully saturated rings. The third-order valence-electron chi connectivity index (χ3n) is 3.73. The second-order valence-corrected chi connectivity index (χ2v) is 5.82. The highest BCUT2D eigenvalue weighted by Gasteiger charge is 2.23. The number of nitrogens with zero attached hydrogens (tertiary/aromatic N) is 1. The molecule has 1 saturated heterocycles. The maximum atomic E-state index is 12.8. The average Bonchev–Trinajstić information content (AvgIpc) is 3.14. The van der Waals surface area contributed by atoms with Crippen LogP contribution in [0, 0.1) is 0 Å². The topological polar surface area (TPSA) is 71.8 Å². The summed E-state index contributed by atoms with van der Waals surface area (Å²) < 4.78 is 10.5. The van der Waals surface area contributed by atoms with Gasteiger partial charge in [-0.2, -0.15) is 0 Å². The average molecular weight is 361 g/mol. The summed E-state index contributed by atoms with van der Waals surface area (Å²) >= 11 is 6.06. The fourth-order valence-electron chi connectivity index (χ4n) is 2.44. The van der Waals surface area contributed by atoms with Crippen molar-refractivity contribution < 1.29 is 18.7 Å². The van der Waals surface area contributed by atoms with Gasteiger partial charge in [0.2, 0.25) is 0 Å². The summed E-state index contributed by atoms with van der Waals surface area (Å²) in [6, 6.07) is 10.1. The van der Waals surface area contributed by atoms with Crippen LogP contribution in [0.15, 0.2) is 52.8 Å². The first-order valence-corrected chi connectivity index (χ1v) is 8.21. The molecule has 1 aliphatic heterocycles. The van der Waals surface area contributed by atoms with E-state index in [1.807, 2.05) is 0 Å². The number of rotatable bonds is 4. The van der Waals surface area contributed by atoms with Gasteiger partial charge in [0.1, 0.15) is 11.5 Å². The van der Waals surface area contributed by atoms with E-state index >= 15 is 0 Å². The van der Waals surface area contributed by atoms with E-state index in [-0.39, 0.29) is 11.6 Å². The van der Waals surface area contributed by atoms with Crippen LogP contribution in [-0.4, -0.2) is 43.0 Å². The minimum absolute atomic E-state index is 0.127. The van der Waals surface area contributed by atoms with E-state index in [4.69, 9.17) is 20.8 Å². The van der Waals surface area contributed by atoms with Gasteiger partial charge in [-0.15, -0.1) is 0 Å². The lowest BCUT2D eigenvalue weighted by Crippen LogP contribution is -2.44. The van der Waals surface area contributed by atoms with E-state index in [1.54, 1.807) is 41.3 Å². The number of morpholine rings is 1. The van der Waals surface area contributed by atoms with Crippen LogP contribution >= 0.6 is 11.6 Å². The molecular formula is C18H17ClN2O4. The Morgan fingerprint density at radius 3 is 2.56 bits per heavy atom. The predicted octanol–water partition coefficient (Wildman–Crippen LogP) is 2.56. The molecule has 0 aliphatic carbocycles. The lowest BCUT2D eigenvalue weighted by Gasteiger charge is -2.27. The molecule has 2 aromatic rings.